The van der Waals surface area contributed by atoms with E-state index < -0.39 is 0 Å². The highest BCUT2D eigenvalue weighted by molar-refractivity contribution is 5.78. The molecule has 1 heterocycles. The number of nitrogens with two attached hydrogens (primary N) is 1. The summed E-state index contributed by atoms with van der Waals surface area (Å²) in [5.41, 5.74) is 6.02. The van der Waals surface area contributed by atoms with Gasteiger partial charge < -0.3 is 15.4 Å². The summed E-state index contributed by atoms with van der Waals surface area (Å²) in [6.07, 6.45) is 6.10. The van der Waals surface area contributed by atoms with Crippen molar-refractivity contribution in [1.82, 2.24) is 4.90 Å². The van der Waals surface area contributed by atoms with Gasteiger partial charge in [-0.3, -0.25) is 0 Å². The summed E-state index contributed by atoms with van der Waals surface area (Å²) in [5, 5.41) is 0. The van der Waals surface area contributed by atoms with Crippen LogP contribution in [0, 0.1) is 0 Å². The lowest BCUT2D eigenvalue weighted by molar-refractivity contribution is 0.147. The molecule has 2 aliphatic rings. The molecule has 0 spiro atoms. The lowest BCUT2D eigenvalue weighted by Gasteiger charge is -2.21. The van der Waals surface area contributed by atoms with Crippen LogP contribution in [-0.2, 0) is 4.74 Å². The van der Waals surface area contributed by atoms with Gasteiger partial charge in [0.2, 0.25) is 0 Å². The number of hydrogen-bond donors (Lipinski definition) is 1. The molecule has 1 aliphatic carbocycles. The number of hydrogen-bond acceptors (Lipinski definition) is 2. The van der Waals surface area contributed by atoms with Crippen molar-refractivity contribution in [1.29, 1.82) is 0 Å². The van der Waals surface area contributed by atoms with Crippen LogP contribution in [0.2, 0.25) is 0 Å². The molecule has 0 aromatic carbocycles. The molecule has 0 amide bonds. The van der Waals surface area contributed by atoms with Crippen molar-refractivity contribution in [3.8, 4) is 0 Å². The van der Waals surface area contributed by atoms with Gasteiger partial charge in [0.15, 0.2) is 5.96 Å². The summed E-state index contributed by atoms with van der Waals surface area (Å²) in [5.74, 6) is 0.729. The van der Waals surface area contributed by atoms with E-state index >= 15 is 0 Å². The SMILES string of the molecule is NC(=NC1CCCC1)N1CCCOCC1. The van der Waals surface area contributed by atoms with Crippen molar-refractivity contribution >= 4 is 5.96 Å². The highest BCUT2D eigenvalue weighted by Crippen LogP contribution is 2.21. The fourth-order valence-corrected chi connectivity index (χ4v) is 2.28. The van der Waals surface area contributed by atoms with Crippen molar-refractivity contribution in [2.75, 3.05) is 26.3 Å². The van der Waals surface area contributed by atoms with Gasteiger partial charge in [-0.1, -0.05) is 12.8 Å². The van der Waals surface area contributed by atoms with Crippen LogP contribution in [0.3, 0.4) is 0 Å². The van der Waals surface area contributed by atoms with E-state index in [0.29, 0.717) is 6.04 Å². The number of aliphatic imine (C=N–C) groups is 1. The molecule has 2 N–H and O–H groups in total. The Balaban J connectivity index is 1.89. The maximum absolute atomic E-state index is 6.02. The van der Waals surface area contributed by atoms with E-state index in [1.807, 2.05) is 0 Å². The molecular weight excluding hydrogens is 190 g/mol. The molecule has 0 bridgehead atoms. The largest absolute Gasteiger partial charge is 0.380 e. The zero-order valence-electron chi connectivity index (χ0n) is 9.32. The van der Waals surface area contributed by atoms with Crippen molar-refractivity contribution in [3.63, 3.8) is 0 Å². The van der Waals surface area contributed by atoms with Gasteiger partial charge in [0.05, 0.1) is 12.6 Å². The molecular formula is C11H21N3O. The maximum atomic E-state index is 6.02. The molecule has 0 unspecified atom stereocenters. The van der Waals surface area contributed by atoms with Crippen LogP contribution in [0.25, 0.3) is 0 Å². The third-order valence-corrected chi connectivity index (χ3v) is 3.19. The summed E-state index contributed by atoms with van der Waals surface area (Å²) in [4.78, 5) is 6.76. The minimum Gasteiger partial charge on any atom is -0.380 e. The molecule has 1 saturated carbocycles. The monoisotopic (exact) mass is 211 g/mol. The predicted octanol–water partition coefficient (Wildman–Crippen LogP) is 0.966. The quantitative estimate of drug-likeness (QED) is 0.519. The molecule has 0 atom stereocenters. The zero-order valence-corrected chi connectivity index (χ0v) is 9.32. The first-order valence-electron chi connectivity index (χ1n) is 6.02. The van der Waals surface area contributed by atoms with Gasteiger partial charge in [-0.15, -0.1) is 0 Å². The second kappa shape index (κ2) is 5.35. The summed E-state index contributed by atoms with van der Waals surface area (Å²) in [6.45, 7) is 3.51. The van der Waals surface area contributed by atoms with E-state index in [1.54, 1.807) is 0 Å². The second-order valence-corrected chi connectivity index (χ2v) is 4.38. The third-order valence-electron chi connectivity index (χ3n) is 3.19. The molecule has 86 valence electrons. The normalized spacial score (nSPS) is 25.6. The van der Waals surface area contributed by atoms with Crippen molar-refractivity contribution < 1.29 is 4.74 Å². The first kappa shape index (κ1) is 10.7. The first-order valence-corrected chi connectivity index (χ1v) is 6.02. The molecule has 4 heteroatoms. The maximum Gasteiger partial charge on any atom is 0.191 e. The third kappa shape index (κ3) is 3.09. The minimum absolute atomic E-state index is 0.481. The zero-order chi connectivity index (χ0) is 10.5. The van der Waals surface area contributed by atoms with E-state index in [4.69, 9.17) is 10.5 Å². The standard InChI is InChI=1S/C11H21N3O/c12-11(13-10-4-1-2-5-10)14-6-3-8-15-9-7-14/h10H,1-9H2,(H2,12,13). The Morgan fingerprint density at radius 2 is 1.93 bits per heavy atom. The van der Waals surface area contributed by atoms with E-state index in [2.05, 4.69) is 9.89 Å². The van der Waals surface area contributed by atoms with Crippen LogP contribution in [0.5, 0.6) is 0 Å². The molecule has 0 aromatic heterocycles. The molecule has 1 aliphatic heterocycles. The topological polar surface area (TPSA) is 50.8 Å². The smallest absolute Gasteiger partial charge is 0.191 e. The summed E-state index contributed by atoms with van der Waals surface area (Å²) in [7, 11) is 0. The fraction of sp³-hybridized carbons (Fsp3) is 0.909. The molecule has 4 nitrogen and oxygen atoms in total. The Labute approximate surface area is 91.5 Å². The van der Waals surface area contributed by atoms with Crippen LogP contribution in [0.15, 0.2) is 4.99 Å². The van der Waals surface area contributed by atoms with Gasteiger partial charge in [-0.2, -0.15) is 0 Å². The van der Waals surface area contributed by atoms with E-state index in [0.717, 1.165) is 38.7 Å². The fourth-order valence-electron chi connectivity index (χ4n) is 2.28. The second-order valence-electron chi connectivity index (χ2n) is 4.38. The average Bonchev–Trinajstić information content (AvgIpc) is 2.58. The van der Waals surface area contributed by atoms with Crippen LogP contribution >= 0.6 is 0 Å². The van der Waals surface area contributed by atoms with Crippen LogP contribution < -0.4 is 5.73 Å². The van der Waals surface area contributed by atoms with Gasteiger partial charge >= 0.3 is 0 Å². The van der Waals surface area contributed by atoms with Crippen molar-refractivity contribution in [2.45, 2.75) is 38.1 Å². The Morgan fingerprint density at radius 1 is 1.13 bits per heavy atom. The molecule has 0 radical (unpaired) electrons. The highest BCUT2D eigenvalue weighted by Gasteiger charge is 2.16. The van der Waals surface area contributed by atoms with Gasteiger partial charge in [0, 0.05) is 19.7 Å². The van der Waals surface area contributed by atoms with Gasteiger partial charge in [0.25, 0.3) is 0 Å². The number of ether oxygens (including phenoxy) is 1. The predicted molar refractivity (Wildman–Crippen MR) is 60.9 cm³/mol. The Morgan fingerprint density at radius 3 is 2.73 bits per heavy atom. The summed E-state index contributed by atoms with van der Waals surface area (Å²) in [6, 6.07) is 0.481. The van der Waals surface area contributed by atoms with E-state index in [1.165, 1.54) is 25.7 Å². The average molecular weight is 211 g/mol. The van der Waals surface area contributed by atoms with Gasteiger partial charge in [-0.05, 0) is 19.3 Å². The highest BCUT2D eigenvalue weighted by atomic mass is 16.5. The lowest BCUT2D eigenvalue weighted by Crippen LogP contribution is -2.39. The van der Waals surface area contributed by atoms with Crippen LogP contribution in [0.1, 0.15) is 32.1 Å². The Hall–Kier alpha value is -0.770. The lowest BCUT2D eigenvalue weighted by atomic mass is 10.3. The number of guanidine groups is 1. The van der Waals surface area contributed by atoms with Crippen molar-refractivity contribution in [2.24, 2.45) is 10.7 Å². The molecule has 0 aromatic rings. The minimum atomic E-state index is 0.481. The molecule has 1 saturated heterocycles. The Kier molecular flexibility index (Phi) is 3.83. The summed E-state index contributed by atoms with van der Waals surface area (Å²) < 4.78 is 5.39. The van der Waals surface area contributed by atoms with Gasteiger partial charge in [0.1, 0.15) is 0 Å². The summed E-state index contributed by atoms with van der Waals surface area (Å²) >= 11 is 0. The van der Waals surface area contributed by atoms with E-state index in [9.17, 15) is 0 Å². The first-order chi connectivity index (χ1) is 7.36. The van der Waals surface area contributed by atoms with E-state index in [-0.39, 0.29) is 0 Å². The van der Waals surface area contributed by atoms with Crippen LogP contribution in [-0.4, -0.2) is 43.2 Å². The van der Waals surface area contributed by atoms with Gasteiger partial charge in [-0.25, -0.2) is 4.99 Å². The number of rotatable bonds is 1. The van der Waals surface area contributed by atoms with Crippen LogP contribution in [0.4, 0.5) is 0 Å². The van der Waals surface area contributed by atoms with Crippen molar-refractivity contribution in [3.05, 3.63) is 0 Å². The molecule has 2 fully saturated rings. The molecule has 15 heavy (non-hydrogen) atoms. The molecule has 2 rings (SSSR count). The Bertz CT molecular complexity index is 216. The number of nitrogens with zero attached hydrogens (tertiary/aromatic N) is 2.